The summed E-state index contributed by atoms with van der Waals surface area (Å²) in [6.07, 6.45) is 3.24. The number of nitrogens with zero attached hydrogens (tertiary/aromatic N) is 5. The van der Waals surface area contributed by atoms with Gasteiger partial charge in [-0.05, 0) is 56.0 Å². The van der Waals surface area contributed by atoms with Crippen LogP contribution in [0.25, 0.3) is 11.5 Å². The van der Waals surface area contributed by atoms with E-state index >= 15 is 0 Å². The number of hydrogen-bond acceptors (Lipinski definition) is 7. The summed E-state index contributed by atoms with van der Waals surface area (Å²) in [5.41, 5.74) is 0.869. The van der Waals surface area contributed by atoms with Gasteiger partial charge in [0.05, 0.1) is 6.54 Å². The Morgan fingerprint density at radius 1 is 1.24 bits per heavy atom. The first-order valence-electron chi connectivity index (χ1n) is 10.2. The Morgan fingerprint density at radius 3 is 2.79 bits per heavy atom. The van der Waals surface area contributed by atoms with Gasteiger partial charge in [0.15, 0.2) is 5.82 Å². The zero-order valence-corrected chi connectivity index (χ0v) is 16.6. The van der Waals surface area contributed by atoms with Crippen molar-refractivity contribution in [3.63, 3.8) is 0 Å². The molecule has 7 nitrogen and oxygen atoms in total. The molecule has 0 bridgehead atoms. The second-order valence-electron chi connectivity index (χ2n) is 8.55. The first kappa shape index (κ1) is 18.4. The third-order valence-electron chi connectivity index (χ3n) is 6.21. The van der Waals surface area contributed by atoms with Crippen LogP contribution in [0.15, 0.2) is 33.2 Å². The van der Waals surface area contributed by atoms with Gasteiger partial charge < -0.3 is 8.94 Å². The Labute approximate surface area is 168 Å². The minimum absolute atomic E-state index is 0.250. The van der Waals surface area contributed by atoms with Crippen LogP contribution >= 0.6 is 0 Å². The van der Waals surface area contributed by atoms with Crippen LogP contribution in [0.5, 0.6) is 0 Å². The third-order valence-corrected chi connectivity index (χ3v) is 6.21. The van der Waals surface area contributed by atoms with Crippen LogP contribution in [0, 0.1) is 11.2 Å². The first-order chi connectivity index (χ1) is 14.0. The van der Waals surface area contributed by atoms with Crippen LogP contribution in [0.1, 0.15) is 62.6 Å². The maximum absolute atomic E-state index is 13.4. The van der Waals surface area contributed by atoms with E-state index in [2.05, 4.69) is 39.1 Å². The molecule has 1 aliphatic heterocycles. The number of piperidine rings is 1. The normalized spacial score (nSPS) is 21.2. The van der Waals surface area contributed by atoms with Crippen molar-refractivity contribution in [1.82, 2.24) is 25.2 Å². The van der Waals surface area contributed by atoms with E-state index in [9.17, 15) is 4.39 Å². The lowest BCUT2D eigenvalue weighted by atomic mass is 9.91. The second-order valence-corrected chi connectivity index (χ2v) is 8.55. The highest BCUT2D eigenvalue weighted by Crippen LogP contribution is 2.64. The van der Waals surface area contributed by atoms with Gasteiger partial charge in [-0.1, -0.05) is 25.1 Å². The van der Waals surface area contributed by atoms with Gasteiger partial charge in [0.2, 0.25) is 17.7 Å². The van der Waals surface area contributed by atoms with E-state index in [1.807, 2.05) is 0 Å². The van der Waals surface area contributed by atoms with Gasteiger partial charge in [0.1, 0.15) is 5.82 Å². The summed E-state index contributed by atoms with van der Waals surface area (Å²) in [4.78, 5) is 6.84. The Kier molecular flexibility index (Phi) is 4.46. The van der Waals surface area contributed by atoms with Crippen LogP contribution in [0.4, 0.5) is 4.39 Å². The summed E-state index contributed by atoms with van der Waals surface area (Å²) in [7, 11) is 0. The molecule has 0 unspecified atom stereocenters. The van der Waals surface area contributed by atoms with E-state index in [-0.39, 0.29) is 17.2 Å². The summed E-state index contributed by atoms with van der Waals surface area (Å²) in [5.74, 6) is 2.79. The fourth-order valence-electron chi connectivity index (χ4n) is 4.28. The largest absolute Gasteiger partial charge is 0.420 e. The lowest BCUT2D eigenvalue weighted by Crippen LogP contribution is -2.34. The average Bonchev–Trinajstić information content (AvgIpc) is 3.08. The van der Waals surface area contributed by atoms with Gasteiger partial charge in [-0.15, -0.1) is 10.2 Å². The van der Waals surface area contributed by atoms with Gasteiger partial charge in [-0.25, -0.2) is 4.39 Å². The van der Waals surface area contributed by atoms with E-state index in [1.54, 1.807) is 12.1 Å². The predicted octanol–water partition coefficient (Wildman–Crippen LogP) is 4.15. The first-order valence-corrected chi connectivity index (χ1v) is 10.2. The number of hydrogen-bond donors (Lipinski definition) is 0. The molecule has 3 aromatic rings. The monoisotopic (exact) mass is 397 g/mol. The minimum atomic E-state index is -0.306. The molecule has 2 aromatic heterocycles. The van der Waals surface area contributed by atoms with Gasteiger partial charge in [0.25, 0.3) is 0 Å². The average molecular weight is 397 g/mol. The van der Waals surface area contributed by atoms with E-state index in [4.69, 9.17) is 8.94 Å². The Morgan fingerprint density at radius 2 is 2.07 bits per heavy atom. The van der Waals surface area contributed by atoms with E-state index in [0.29, 0.717) is 35.7 Å². The molecule has 0 amide bonds. The molecular formula is C21H24FN5O2. The van der Waals surface area contributed by atoms with Crippen molar-refractivity contribution < 1.29 is 13.3 Å². The minimum Gasteiger partial charge on any atom is -0.420 e. The van der Waals surface area contributed by atoms with Crippen LogP contribution in [-0.2, 0) is 6.54 Å². The van der Waals surface area contributed by atoms with E-state index in [0.717, 1.165) is 38.2 Å². The van der Waals surface area contributed by atoms with Crippen LogP contribution < -0.4 is 0 Å². The fraction of sp³-hybridized carbons (Fsp3) is 0.524. The molecular weight excluding hydrogens is 373 g/mol. The number of aromatic nitrogens is 4. The second kappa shape index (κ2) is 7.02. The van der Waals surface area contributed by atoms with Crippen LogP contribution in [0.3, 0.4) is 0 Å². The van der Waals surface area contributed by atoms with Crippen molar-refractivity contribution in [3.8, 4) is 11.5 Å². The third kappa shape index (κ3) is 3.57. The number of likely N-dealkylation sites (tertiary alicyclic amines) is 1. The van der Waals surface area contributed by atoms with Crippen molar-refractivity contribution in [3.05, 3.63) is 47.7 Å². The zero-order valence-electron chi connectivity index (χ0n) is 16.6. The lowest BCUT2D eigenvalue weighted by Gasteiger charge is -2.31. The molecule has 0 N–H and O–H groups in total. The highest BCUT2D eigenvalue weighted by molar-refractivity contribution is 5.52. The molecule has 1 saturated heterocycles. The molecule has 2 aliphatic rings. The van der Waals surface area contributed by atoms with Gasteiger partial charge >= 0.3 is 0 Å². The Bertz CT molecular complexity index is 1010. The molecule has 1 atom stereocenters. The number of benzene rings is 1. The summed E-state index contributed by atoms with van der Waals surface area (Å²) < 4.78 is 24.7. The molecule has 1 aliphatic carbocycles. The number of rotatable bonds is 5. The molecule has 29 heavy (non-hydrogen) atoms. The van der Waals surface area contributed by atoms with Crippen molar-refractivity contribution in [2.24, 2.45) is 5.41 Å². The molecule has 1 spiro atoms. The smallest absolute Gasteiger partial charge is 0.247 e. The molecule has 1 saturated carbocycles. The fourth-order valence-corrected chi connectivity index (χ4v) is 4.28. The van der Waals surface area contributed by atoms with E-state index < -0.39 is 0 Å². The summed E-state index contributed by atoms with van der Waals surface area (Å²) in [6.45, 7) is 6.79. The van der Waals surface area contributed by atoms with Crippen LogP contribution in [0.2, 0.25) is 0 Å². The van der Waals surface area contributed by atoms with E-state index in [1.165, 1.54) is 12.1 Å². The predicted molar refractivity (Wildman–Crippen MR) is 102 cm³/mol. The number of halogens is 1. The quantitative estimate of drug-likeness (QED) is 0.640. The van der Waals surface area contributed by atoms with Crippen molar-refractivity contribution >= 4 is 0 Å². The van der Waals surface area contributed by atoms with Crippen LogP contribution in [-0.4, -0.2) is 38.3 Å². The van der Waals surface area contributed by atoms with Crippen molar-refractivity contribution in [1.29, 1.82) is 0 Å². The maximum Gasteiger partial charge on any atom is 0.247 e. The topological polar surface area (TPSA) is 81.1 Å². The van der Waals surface area contributed by atoms with Gasteiger partial charge in [-0.3, -0.25) is 4.90 Å². The molecule has 1 aromatic carbocycles. The summed E-state index contributed by atoms with van der Waals surface area (Å²) in [5, 5.41) is 12.4. The molecule has 5 rings (SSSR count). The molecule has 2 fully saturated rings. The highest BCUT2D eigenvalue weighted by atomic mass is 19.1. The standard InChI is InChI=1S/C21H24FN5O2/c1-13(2)18-23-17(29-26-18)12-27-8-6-21(7-9-27)11-16(21)20-25-24-19(28-20)14-4-3-5-15(22)10-14/h3-5,10,13,16H,6-9,11-12H2,1-2H3/t16-/m0/s1. The summed E-state index contributed by atoms with van der Waals surface area (Å²) >= 11 is 0. The van der Waals surface area contributed by atoms with Gasteiger partial charge in [-0.2, -0.15) is 4.98 Å². The van der Waals surface area contributed by atoms with Crippen molar-refractivity contribution in [2.75, 3.05) is 13.1 Å². The zero-order chi connectivity index (χ0) is 20.0. The highest BCUT2D eigenvalue weighted by Gasteiger charge is 2.58. The maximum atomic E-state index is 13.4. The lowest BCUT2D eigenvalue weighted by molar-refractivity contribution is 0.144. The molecule has 0 radical (unpaired) electrons. The Balaban J connectivity index is 1.20. The Hall–Kier alpha value is -2.61. The molecule has 152 valence electrons. The summed E-state index contributed by atoms with van der Waals surface area (Å²) in [6, 6.07) is 6.25. The molecule has 3 heterocycles. The molecule has 8 heteroatoms. The van der Waals surface area contributed by atoms with Crippen molar-refractivity contribution in [2.45, 2.75) is 51.5 Å². The SMILES string of the molecule is CC(C)c1noc(CN2CCC3(CC2)C[C@H]3c2nnc(-c3cccc(F)c3)o2)n1. The van der Waals surface area contributed by atoms with Gasteiger partial charge in [0, 0.05) is 17.4 Å².